The molecule has 136 valence electrons. The van der Waals surface area contributed by atoms with E-state index in [0.717, 1.165) is 5.56 Å². The molecule has 0 amide bonds. The highest BCUT2D eigenvalue weighted by atomic mass is 16.5. The summed E-state index contributed by atoms with van der Waals surface area (Å²) in [5.74, 6) is -0.347. The van der Waals surface area contributed by atoms with Crippen LogP contribution in [-0.2, 0) is 16.1 Å². The molecule has 9 nitrogen and oxygen atoms in total. The highest BCUT2D eigenvalue weighted by Crippen LogP contribution is 2.26. The van der Waals surface area contributed by atoms with Crippen molar-refractivity contribution in [1.29, 1.82) is 0 Å². The van der Waals surface area contributed by atoms with Gasteiger partial charge in [-0.05, 0) is 5.56 Å². The number of hydrogen-bond donors (Lipinski definition) is 1. The number of anilines is 1. The first-order valence-corrected chi connectivity index (χ1v) is 7.96. The van der Waals surface area contributed by atoms with Crippen LogP contribution in [0.5, 0.6) is 12.0 Å². The van der Waals surface area contributed by atoms with Crippen LogP contribution in [-0.4, -0.2) is 45.8 Å². The molecule has 9 heteroatoms. The highest BCUT2D eigenvalue weighted by molar-refractivity contribution is 5.84. The average Bonchev–Trinajstić information content (AvgIpc) is 2.94. The van der Waals surface area contributed by atoms with Crippen LogP contribution in [0, 0.1) is 0 Å². The van der Waals surface area contributed by atoms with Gasteiger partial charge in [0.15, 0.2) is 17.0 Å². The second-order valence-electron chi connectivity index (χ2n) is 5.46. The zero-order valence-corrected chi connectivity index (χ0v) is 14.5. The van der Waals surface area contributed by atoms with Crippen LogP contribution in [0.2, 0.25) is 0 Å². The Morgan fingerprint density at radius 1 is 1.15 bits per heavy atom. The third-order valence-corrected chi connectivity index (χ3v) is 3.50. The van der Waals surface area contributed by atoms with E-state index < -0.39 is 5.97 Å². The molecule has 0 spiro atoms. The van der Waals surface area contributed by atoms with Crippen molar-refractivity contribution in [3.8, 4) is 12.0 Å². The van der Waals surface area contributed by atoms with Crippen molar-refractivity contribution in [2.75, 3.05) is 26.1 Å². The maximum atomic E-state index is 11.4. The van der Waals surface area contributed by atoms with Gasteiger partial charge in [-0.15, -0.1) is 0 Å². The van der Waals surface area contributed by atoms with Gasteiger partial charge in [0.2, 0.25) is 0 Å². The van der Waals surface area contributed by atoms with Crippen molar-refractivity contribution in [2.24, 2.45) is 0 Å². The second kappa shape index (κ2) is 7.79. The van der Waals surface area contributed by atoms with Crippen LogP contribution in [0.3, 0.4) is 0 Å². The van der Waals surface area contributed by atoms with Crippen LogP contribution in [0.25, 0.3) is 11.2 Å². The molecule has 3 rings (SSSR count). The topological polar surface area (TPSA) is 114 Å². The van der Waals surface area contributed by atoms with Crippen LogP contribution in [0.4, 0.5) is 5.82 Å². The molecule has 0 atom stereocenters. The van der Waals surface area contributed by atoms with Crippen molar-refractivity contribution in [3.05, 3.63) is 35.9 Å². The molecule has 0 bridgehead atoms. The molecule has 2 N–H and O–H groups in total. The Morgan fingerprint density at radius 3 is 2.62 bits per heavy atom. The minimum Gasteiger partial charge on any atom is -0.461 e. The minimum absolute atomic E-state index is 0.103. The fourth-order valence-corrected chi connectivity index (χ4v) is 2.38. The maximum absolute atomic E-state index is 11.4. The number of hydrogen-bond acceptors (Lipinski definition) is 8. The molecule has 0 unspecified atom stereocenters. The van der Waals surface area contributed by atoms with Gasteiger partial charge < -0.3 is 19.9 Å². The number of ether oxygens (including phenoxy) is 3. The lowest BCUT2D eigenvalue weighted by Crippen LogP contribution is -2.11. The highest BCUT2D eigenvalue weighted by Gasteiger charge is 2.19. The third-order valence-electron chi connectivity index (χ3n) is 3.50. The first kappa shape index (κ1) is 17.6. The molecule has 1 aromatic carbocycles. The van der Waals surface area contributed by atoms with Gasteiger partial charge in [-0.1, -0.05) is 30.3 Å². The smallest absolute Gasteiger partial charge is 0.320 e. The van der Waals surface area contributed by atoms with E-state index in [0.29, 0.717) is 24.3 Å². The van der Waals surface area contributed by atoms with Crippen molar-refractivity contribution >= 4 is 23.0 Å². The summed E-state index contributed by atoms with van der Waals surface area (Å²) in [7, 11) is 1.57. The van der Waals surface area contributed by atoms with Gasteiger partial charge in [0.25, 0.3) is 0 Å². The largest absolute Gasteiger partial charge is 0.461 e. The number of imidazole rings is 1. The minimum atomic E-state index is -0.488. The van der Waals surface area contributed by atoms with Gasteiger partial charge >= 0.3 is 18.0 Å². The first-order valence-electron chi connectivity index (χ1n) is 7.96. The number of esters is 1. The fraction of sp³-hybridized carbons (Fsp3) is 0.294. The standard InChI is InChI=1S/C17H19N5O4/c1-11(23)26-17-19-13-14(18)20-16(25-9-8-24-2)21-15(13)22(17)10-12-6-4-3-5-7-12/h3-7H,8-10H2,1-2H3,(H2,18,20,21). The summed E-state index contributed by atoms with van der Waals surface area (Å²) in [5.41, 5.74) is 7.74. The Morgan fingerprint density at radius 2 is 1.92 bits per heavy atom. The molecule has 2 heterocycles. The fourth-order valence-electron chi connectivity index (χ4n) is 2.38. The SMILES string of the molecule is COCCOc1nc(N)c2nc(OC(C)=O)n(Cc3ccccc3)c2n1. The lowest BCUT2D eigenvalue weighted by Gasteiger charge is -2.09. The van der Waals surface area contributed by atoms with Crippen LogP contribution < -0.4 is 15.2 Å². The van der Waals surface area contributed by atoms with E-state index in [1.54, 1.807) is 11.7 Å². The molecule has 0 aliphatic heterocycles. The first-order chi connectivity index (χ1) is 12.6. The van der Waals surface area contributed by atoms with E-state index in [9.17, 15) is 4.79 Å². The van der Waals surface area contributed by atoms with Crippen molar-refractivity contribution in [3.63, 3.8) is 0 Å². The third kappa shape index (κ3) is 3.89. The van der Waals surface area contributed by atoms with E-state index in [1.807, 2.05) is 30.3 Å². The summed E-state index contributed by atoms with van der Waals surface area (Å²) < 4.78 is 17.3. The van der Waals surface area contributed by atoms with E-state index >= 15 is 0 Å². The zero-order valence-electron chi connectivity index (χ0n) is 14.5. The van der Waals surface area contributed by atoms with Crippen molar-refractivity contribution < 1.29 is 19.0 Å². The number of carbonyl (C=O) groups excluding carboxylic acids is 1. The Labute approximate surface area is 149 Å². The molecule has 0 fully saturated rings. The number of fused-ring (bicyclic) bond motifs is 1. The maximum Gasteiger partial charge on any atom is 0.320 e. The van der Waals surface area contributed by atoms with Crippen LogP contribution in [0.15, 0.2) is 30.3 Å². The molecule has 0 radical (unpaired) electrons. The van der Waals surface area contributed by atoms with Gasteiger partial charge in [-0.25, -0.2) is 0 Å². The van der Waals surface area contributed by atoms with Crippen LogP contribution >= 0.6 is 0 Å². The number of nitrogens with two attached hydrogens (primary N) is 1. The number of nitrogens with zero attached hydrogens (tertiary/aromatic N) is 4. The number of carbonyl (C=O) groups is 1. The van der Waals surface area contributed by atoms with Gasteiger partial charge in [0, 0.05) is 14.0 Å². The Hall–Kier alpha value is -3.20. The van der Waals surface area contributed by atoms with E-state index in [-0.39, 0.29) is 24.4 Å². The summed E-state index contributed by atoms with van der Waals surface area (Å²) >= 11 is 0. The Balaban J connectivity index is 2.05. The number of aromatic nitrogens is 4. The van der Waals surface area contributed by atoms with Crippen molar-refractivity contribution in [2.45, 2.75) is 13.5 Å². The molecule has 3 aromatic rings. The summed E-state index contributed by atoms with van der Waals surface area (Å²) in [5, 5.41) is 0. The van der Waals surface area contributed by atoms with Gasteiger partial charge in [-0.2, -0.15) is 15.0 Å². The molecule has 26 heavy (non-hydrogen) atoms. The van der Waals surface area contributed by atoms with Gasteiger partial charge in [0.05, 0.1) is 13.2 Å². The van der Waals surface area contributed by atoms with Crippen LogP contribution in [0.1, 0.15) is 12.5 Å². The Bertz CT molecular complexity index is 910. The lowest BCUT2D eigenvalue weighted by molar-refractivity contribution is -0.132. The molecular weight excluding hydrogens is 338 g/mol. The number of rotatable bonds is 7. The quantitative estimate of drug-likeness (QED) is 0.498. The lowest BCUT2D eigenvalue weighted by atomic mass is 10.2. The summed E-state index contributed by atoms with van der Waals surface area (Å²) in [4.78, 5) is 24.2. The van der Waals surface area contributed by atoms with Gasteiger partial charge in [-0.3, -0.25) is 9.36 Å². The van der Waals surface area contributed by atoms with E-state index in [4.69, 9.17) is 19.9 Å². The molecular formula is C17H19N5O4. The van der Waals surface area contributed by atoms with E-state index in [1.165, 1.54) is 6.92 Å². The summed E-state index contributed by atoms with van der Waals surface area (Å²) in [6.45, 7) is 2.38. The number of nitrogen functional groups attached to an aromatic ring is 1. The molecule has 0 aliphatic carbocycles. The number of benzene rings is 1. The van der Waals surface area contributed by atoms with Gasteiger partial charge in [0.1, 0.15) is 6.61 Å². The molecule has 0 aliphatic rings. The summed E-state index contributed by atoms with van der Waals surface area (Å²) in [6, 6.07) is 9.87. The zero-order chi connectivity index (χ0) is 18.5. The monoisotopic (exact) mass is 357 g/mol. The average molecular weight is 357 g/mol. The second-order valence-corrected chi connectivity index (χ2v) is 5.46. The Kier molecular flexibility index (Phi) is 5.28. The predicted molar refractivity (Wildman–Crippen MR) is 94.0 cm³/mol. The number of methoxy groups -OCH3 is 1. The normalized spacial score (nSPS) is 10.8. The molecule has 0 saturated heterocycles. The summed E-state index contributed by atoms with van der Waals surface area (Å²) in [6.07, 6.45) is 0. The van der Waals surface area contributed by atoms with E-state index in [2.05, 4.69) is 15.0 Å². The molecule has 2 aromatic heterocycles. The predicted octanol–water partition coefficient (Wildman–Crippen LogP) is 1.41. The molecule has 0 saturated carbocycles. The van der Waals surface area contributed by atoms with Crippen molar-refractivity contribution in [1.82, 2.24) is 19.5 Å².